The highest BCUT2D eigenvalue weighted by Crippen LogP contribution is 2.31. The van der Waals surface area contributed by atoms with Crippen molar-refractivity contribution in [2.45, 2.75) is 12.8 Å². The molecular formula is C19H17Cl3NO. The molecule has 24 heavy (non-hydrogen) atoms. The molecule has 0 atom stereocenters. The minimum absolute atomic E-state index is 0.00550. The molecule has 0 amide bonds. The Morgan fingerprint density at radius 2 is 1.71 bits per heavy atom. The van der Waals surface area contributed by atoms with Gasteiger partial charge in [-0.15, -0.1) is 0 Å². The van der Waals surface area contributed by atoms with Crippen molar-refractivity contribution in [1.29, 1.82) is 0 Å². The summed E-state index contributed by atoms with van der Waals surface area (Å²) in [6.45, 7) is 5.67. The molecule has 5 heteroatoms. The summed E-state index contributed by atoms with van der Waals surface area (Å²) in [6.07, 6.45) is 1.59. The van der Waals surface area contributed by atoms with Crippen LogP contribution < -0.4 is 4.90 Å². The minimum atomic E-state index is 0.00550. The van der Waals surface area contributed by atoms with Gasteiger partial charge >= 0.3 is 0 Å². The van der Waals surface area contributed by atoms with Gasteiger partial charge in [-0.2, -0.15) is 0 Å². The van der Waals surface area contributed by atoms with Crippen molar-refractivity contribution in [3.8, 4) is 0 Å². The highest BCUT2D eigenvalue weighted by Gasteiger charge is 2.26. The quantitative estimate of drug-likeness (QED) is 0.614. The summed E-state index contributed by atoms with van der Waals surface area (Å²) in [7, 11) is 0. The van der Waals surface area contributed by atoms with E-state index in [1.807, 2.05) is 18.2 Å². The van der Waals surface area contributed by atoms with Crippen LogP contribution in [0.3, 0.4) is 0 Å². The normalized spacial score (nSPS) is 15.6. The molecule has 125 valence electrons. The Morgan fingerprint density at radius 3 is 2.38 bits per heavy atom. The van der Waals surface area contributed by atoms with Crippen molar-refractivity contribution in [3.63, 3.8) is 0 Å². The molecule has 1 heterocycles. The molecule has 0 spiro atoms. The van der Waals surface area contributed by atoms with Crippen LogP contribution in [-0.4, -0.2) is 18.9 Å². The number of rotatable bonds is 3. The van der Waals surface area contributed by atoms with Crippen LogP contribution in [0.25, 0.3) is 0 Å². The molecule has 0 unspecified atom stereocenters. The zero-order valence-electron chi connectivity index (χ0n) is 13.1. The molecule has 0 N–H and O–H groups in total. The van der Waals surface area contributed by atoms with Crippen molar-refractivity contribution >= 4 is 46.3 Å². The van der Waals surface area contributed by atoms with E-state index in [1.165, 1.54) is 0 Å². The van der Waals surface area contributed by atoms with Crippen LogP contribution in [0.5, 0.6) is 0 Å². The molecular weight excluding hydrogens is 365 g/mol. The Hall–Kier alpha value is -1.22. The molecule has 2 aromatic carbocycles. The van der Waals surface area contributed by atoms with Gasteiger partial charge in [0.05, 0.1) is 10.0 Å². The Morgan fingerprint density at radius 1 is 1.00 bits per heavy atom. The van der Waals surface area contributed by atoms with Gasteiger partial charge in [0.1, 0.15) is 0 Å². The molecule has 0 bridgehead atoms. The predicted octanol–water partition coefficient (Wildman–Crippen LogP) is 5.93. The molecule has 0 aromatic heterocycles. The first-order valence-corrected chi connectivity index (χ1v) is 8.95. The SMILES string of the molecule is [CH2]c1ccc(Cl)cc1N1CCC(C(=O)c2ccc(Cl)c(Cl)c2)CC1. The van der Waals surface area contributed by atoms with Crippen LogP contribution in [0.4, 0.5) is 5.69 Å². The number of anilines is 1. The average Bonchev–Trinajstić information content (AvgIpc) is 2.59. The second kappa shape index (κ2) is 7.35. The zero-order chi connectivity index (χ0) is 17.3. The minimum Gasteiger partial charge on any atom is -0.371 e. The standard InChI is InChI=1S/C19H17Cl3NO/c1-12-2-4-15(20)11-18(12)23-8-6-13(7-9-23)19(24)14-3-5-16(21)17(22)10-14/h2-5,10-11,13H,1,6-9H2. The average molecular weight is 382 g/mol. The van der Waals surface area contributed by atoms with Gasteiger partial charge in [-0.1, -0.05) is 40.9 Å². The summed E-state index contributed by atoms with van der Waals surface area (Å²) in [4.78, 5) is 14.9. The number of hydrogen-bond acceptors (Lipinski definition) is 2. The second-order valence-corrected chi connectivity index (χ2v) is 7.28. The van der Waals surface area contributed by atoms with E-state index in [0.29, 0.717) is 20.6 Å². The predicted molar refractivity (Wildman–Crippen MR) is 102 cm³/mol. The van der Waals surface area contributed by atoms with Crippen molar-refractivity contribution in [2.75, 3.05) is 18.0 Å². The zero-order valence-corrected chi connectivity index (χ0v) is 15.3. The fraction of sp³-hybridized carbons (Fsp3) is 0.263. The van der Waals surface area contributed by atoms with Gasteiger partial charge < -0.3 is 4.90 Å². The van der Waals surface area contributed by atoms with Crippen LogP contribution in [0, 0.1) is 12.8 Å². The van der Waals surface area contributed by atoms with Gasteiger partial charge in [-0.25, -0.2) is 0 Å². The lowest BCUT2D eigenvalue weighted by Gasteiger charge is -2.34. The lowest BCUT2D eigenvalue weighted by molar-refractivity contribution is 0.0900. The van der Waals surface area contributed by atoms with Crippen molar-refractivity contribution in [2.24, 2.45) is 5.92 Å². The molecule has 1 aliphatic rings. The van der Waals surface area contributed by atoms with E-state index >= 15 is 0 Å². The van der Waals surface area contributed by atoms with E-state index in [1.54, 1.807) is 18.2 Å². The lowest BCUT2D eigenvalue weighted by Crippen LogP contribution is -2.36. The third-order valence-corrected chi connectivity index (χ3v) is 5.43. The largest absolute Gasteiger partial charge is 0.371 e. The van der Waals surface area contributed by atoms with Crippen LogP contribution >= 0.6 is 34.8 Å². The Kier molecular flexibility index (Phi) is 5.39. The maximum Gasteiger partial charge on any atom is 0.166 e. The van der Waals surface area contributed by atoms with E-state index in [0.717, 1.165) is 37.2 Å². The molecule has 0 aliphatic carbocycles. The number of piperidine rings is 1. The van der Waals surface area contributed by atoms with Crippen LogP contribution in [0.1, 0.15) is 28.8 Å². The molecule has 1 saturated heterocycles. The summed E-state index contributed by atoms with van der Waals surface area (Å²) in [5.41, 5.74) is 2.63. The molecule has 1 radical (unpaired) electrons. The van der Waals surface area contributed by atoms with Crippen LogP contribution in [-0.2, 0) is 0 Å². The first kappa shape index (κ1) is 17.6. The Balaban J connectivity index is 1.69. The van der Waals surface area contributed by atoms with E-state index in [4.69, 9.17) is 34.8 Å². The van der Waals surface area contributed by atoms with Gasteiger partial charge in [0, 0.05) is 35.3 Å². The number of carbonyl (C=O) groups is 1. The maximum atomic E-state index is 12.7. The summed E-state index contributed by atoms with van der Waals surface area (Å²) in [5, 5.41) is 1.58. The van der Waals surface area contributed by atoms with Gasteiger partial charge in [0.2, 0.25) is 0 Å². The fourth-order valence-electron chi connectivity index (χ4n) is 3.10. The number of nitrogens with zero attached hydrogens (tertiary/aromatic N) is 1. The number of hydrogen-bond donors (Lipinski definition) is 0. The number of carbonyl (C=O) groups excluding carboxylic acids is 1. The molecule has 2 nitrogen and oxygen atoms in total. The monoisotopic (exact) mass is 380 g/mol. The molecule has 2 aromatic rings. The van der Waals surface area contributed by atoms with Gasteiger partial charge in [0.25, 0.3) is 0 Å². The highest BCUT2D eigenvalue weighted by molar-refractivity contribution is 6.42. The van der Waals surface area contributed by atoms with E-state index in [2.05, 4.69) is 11.8 Å². The summed E-state index contributed by atoms with van der Waals surface area (Å²) < 4.78 is 0. The first-order chi connectivity index (χ1) is 11.5. The summed E-state index contributed by atoms with van der Waals surface area (Å²) >= 11 is 18.0. The third-order valence-electron chi connectivity index (χ3n) is 4.46. The molecule has 0 saturated carbocycles. The van der Waals surface area contributed by atoms with Gasteiger partial charge in [0.15, 0.2) is 5.78 Å². The van der Waals surface area contributed by atoms with Gasteiger partial charge in [-0.3, -0.25) is 4.79 Å². The van der Waals surface area contributed by atoms with E-state index in [-0.39, 0.29) is 11.7 Å². The van der Waals surface area contributed by atoms with Crippen molar-refractivity contribution in [1.82, 2.24) is 0 Å². The molecule has 3 rings (SSSR count). The van der Waals surface area contributed by atoms with E-state index in [9.17, 15) is 4.79 Å². The fourth-order valence-corrected chi connectivity index (χ4v) is 3.56. The van der Waals surface area contributed by atoms with Crippen molar-refractivity contribution < 1.29 is 4.79 Å². The third kappa shape index (κ3) is 3.72. The maximum absolute atomic E-state index is 12.7. The Labute approximate surface area is 157 Å². The van der Waals surface area contributed by atoms with Gasteiger partial charge in [-0.05, 0) is 55.7 Å². The van der Waals surface area contributed by atoms with E-state index < -0.39 is 0 Å². The van der Waals surface area contributed by atoms with Crippen LogP contribution in [0.15, 0.2) is 36.4 Å². The smallest absolute Gasteiger partial charge is 0.166 e. The number of halogens is 3. The number of Topliss-reactive ketones (excluding diaryl/α,β-unsaturated/α-hetero) is 1. The first-order valence-electron chi connectivity index (χ1n) is 7.81. The molecule has 1 aliphatic heterocycles. The summed E-state index contributed by atoms with van der Waals surface area (Å²) in [6, 6.07) is 10.8. The summed E-state index contributed by atoms with van der Waals surface area (Å²) in [5.74, 6) is 0.139. The lowest BCUT2D eigenvalue weighted by atomic mass is 9.88. The topological polar surface area (TPSA) is 20.3 Å². The van der Waals surface area contributed by atoms with Crippen LogP contribution in [0.2, 0.25) is 15.1 Å². The second-order valence-electron chi connectivity index (χ2n) is 6.03. The Bertz CT molecular complexity index is 767. The molecule has 1 fully saturated rings. The van der Waals surface area contributed by atoms with Crippen molar-refractivity contribution in [3.05, 3.63) is 69.5 Å². The number of benzene rings is 2. The highest BCUT2D eigenvalue weighted by atomic mass is 35.5. The number of ketones is 1.